The summed E-state index contributed by atoms with van der Waals surface area (Å²) in [4.78, 5) is 19.5. The molecule has 1 aromatic rings. The normalized spacial score (nSPS) is 13.4. The zero-order chi connectivity index (χ0) is 36.4. The first kappa shape index (κ1) is 43.6. The van der Waals surface area contributed by atoms with Crippen molar-refractivity contribution in [2.24, 2.45) is 0 Å². The predicted molar refractivity (Wildman–Crippen MR) is 217 cm³/mol. The standard InChI is InChI=1S/C46H70N2O/c1-37(2)17-11-19-39(5)21-13-23-41(7)25-15-27-43(9)31-35-48(46(49)45-29-33-47-34-30-45)36-32-44(10)28-16-26-42(8)24-14-22-40(6)20-12-18-38(3)4/h17-18,21-22,25-26,29-34H,11-16,19-20,23-24,27-28,35-36H2,1-10H3/b39-21+,40-22+,41-25+,42-26+,43-31+,44-32+. The van der Waals surface area contributed by atoms with Crippen molar-refractivity contribution in [3.63, 3.8) is 0 Å². The molecule has 0 saturated heterocycles. The van der Waals surface area contributed by atoms with Crippen LogP contribution in [0.3, 0.4) is 0 Å². The van der Waals surface area contributed by atoms with Crippen LogP contribution in [0.25, 0.3) is 0 Å². The van der Waals surface area contributed by atoms with E-state index in [0.717, 1.165) is 77.0 Å². The zero-order valence-corrected chi connectivity index (χ0v) is 33.1. The van der Waals surface area contributed by atoms with Gasteiger partial charge in [-0.1, -0.05) is 93.2 Å². The van der Waals surface area contributed by atoms with Crippen molar-refractivity contribution in [2.45, 2.75) is 146 Å². The van der Waals surface area contributed by atoms with E-state index in [-0.39, 0.29) is 5.91 Å². The highest BCUT2D eigenvalue weighted by atomic mass is 16.2. The maximum atomic E-state index is 13.5. The van der Waals surface area contributed by atoms with E-state index in [0.29, 0.717) is 18.7 Å². The zero-order valence-electron chi connectivity index (χ0n) is 33.1. The van der Waals surface area contributed by atoms with Crippen molar-refractivity contribution >= 4 is 5.91 Å². The van der Waals surface area contributed by atoms with Gasteiger partial charge in [0.25, 0.3) is 5.91 Å². The van der Waals surface area contributed by atoms with Gasteiger partial charge in [0.15, 0.2) is 0 Å². The second-order valence-electron chi connectivity index (χ2n) is 14.5. The first-order valence-corrected chi connectivity index (χ1v) is 18.8. The lowest BCUT2D eigenvalue weighted by atomic mass is 10.0. The van der Waals surface area contributed by atoms with E-state index in [9.17, 15) is 4.79 Å². The highest BCUT2D eigenvalue weighted by molar-refractivity contribution is 5.94. The van der Waals surface area contributed by atoms with Gasteiger partial charge in [0.1, 0.15) is 0 Å². The topological polar surface area (TPSA) is 33.2 Å². The van der Waals surface area contributed by atoms with E-state index >= 15 is 0 Å². The second-order valence-corrected chi connectivity index (χ2v) is 14.5. The molecule has 0 atom stereocenters. The highest BCUT2D eigenvalue weighted by Crippen LogP contribution is 2.16. The molecule has 0 bridgehead atoms. The average Bonchev–Trinajstić information content (AvgIpc) is 3.04. The molecule has 1 heterocycles. The Kier molecular flexibility index (Phi) is 23.5. The second kappa shape index (κ2) is 26.4. The predicted octanol–water partition coefficient (Wildman–Crippen LogP) is 13.8. The van der Waals surface area contributed by atoms with Crippen LogP contribution in [0, 0.1) is 0 Å². The molecule has 0 radical (unpaired) electrons. The fourth-order valence-electron chi connectivity index (χ4n) is 5.42. The first-order chi connectivity index (χ1) is 23.4. The summed E-state index contributed by atoms with van der Waals surface area (Å²) in [5, 5.41) is 0. The lowest BCUT2D eigenvalue weighted by Gasteiger charge is -2.20. The van der Waals surface area contributed by atoms with Gasteiger partial charge in [0, 0.05) is 31.0 Å². The highest BCUT2D eigenvalue weighted by Gasteiger charge is 2.14. The molecule has 0 aliphatic heterocycles. The molecule has 0 saturated carbocycles. The van der Waals surface area contributed by atoms with Gasteiger partial charge in [-0.15, -0.1) is 0 Å². The summed E-state index contributed by atoms with van der Waals surface area (Å²) in [6.45, 7) is 23.3. The molecule has 0 aromatic carbocycles. The van der Waals surface area contributed by atoms with E-state index in [1.807, 2.05) is 17.0 Å². The van der Waals surface area contributed by atoms with Crippen LogP contribution in [0.2, 0.25) is 0 Å². The van der Waals surface area contributed by atoms with E-state index in [4.69, 9.17) is 0 Å². The number of hydrogen-bond donors (Lipinski definition) is 0. The van der Waals surface area contributed by atoms with Gasteiger partial charge in [0.05, 0.1) is 0 Å². The molecule has 49 heavy (non-hydrogen) atoms. The summed E-state index contributed by atoms with van der Waals surface area (Å²) < 4.78 is 0. The molecule has 1 aromatic heterocycles. The Hall–Kier alpha value is -3.46. The molecule has 1 rings (SSSR count). The van der Waals surface area contributed by atoms with Crippen LogP contribution >= 0.6 is 0 Å². The third kappa shape index (κ3) is 23.5. The molecule has 0 spiro atoms. The number of hydrogen-bond acceptors (Lipinski definition) is 2. The lowest BCUT2D eigenvalue weighted by molar-refractivity contribution is 0.0790. The Bertz CT molecular complexity index is 1270. The van der Waals surface area contributed by atoms with Crippen molar-refractivity contribution in [1.82, 2.24) is 9.88 Å². The van der Waals surface area contributed by atoms with Gasteiger partial charge in [-0.3, -0.25) is 9.78 Å². The van der Waals surface area contributed by atoms with Gasteiger partial charge in [-0.05, 0) is 158 Å². The monoisotopic (exact) mass is 667 g/mol. The molecule has 270 valence electrons. The van der Waals surface area contributed by atoms with Crippen molar-refractivity contribution in [1.29, 1.82) is 0 Å². The number of nitrogens with zero attached hydrogens (tertiary/aromatic N) is 2. The fraction of sp³-hybridized carbons (Fsp3) is 0.522. The van der Waals surface area contributed by atoms with Crippen LogP contribution in [-0.4, -0.2) is 28.9 Å². The first-order valence-electron chi connectivity index (χ1n) is 18.8. The minimum atomic E-state index is 0.0513. The fourth-order valence-corrected chi connectivity index (χ4v) is 5.42. The quantitative estimate of drug-likeness (QED) is 0.109. The van der Waals surface area contributed by atoms with Gasteiger partial charge < -0.3 is 4.90 Å². The van der Waals surface area contributed by atoms with Crippen LogP contribution in [0.4, 0.5) is 0 Å². The number of carbonyl (C=O) groups excluding carboxylic acids is 1. The minimum absolute atomic E-state index is 0.0513. The average molecular weight is 667 g/mol. The van der Waals surface area contributed by atoms with Gasteiger partial charge >= 0.3 is 0 Å². The number of allylic oxidation sites excluding steroid dienone is 14. The van der Waals surface area contributed by atoms with E-state index < -0.39 is 0 Å². The number of pyridine rings is 1. The summed E-state index contributed by atoms with van der Waals surface area (Å²) in [6.07, 6.45) is 35.2. The molecular formula is C46H70N2O. The van der Waals surface area contributed by atoms with Gasteiger partial charge in [-0.25, -0.2) is 0 Å². The molecule has 0 aliphatic carbocycles. The van der Waals surface area contributed by atoms with Crippen LogP contribution in [0.15, 0.2) is 118 Å². The molecule has 3 nitrogen and oxygen atoms in total. The Morgan fingerprint density at radius 2 is 0.755 bits per heavy atom. The summed E-state index contributed by atoms with van der Waals surface area (Å²) in [5.74, 6) is 0.0513. The lowest BCUT2D eigenvalue weighted by Crippen LogP contribution is -2.31. The van der Waals surface area contributed by atoms with E-state index in [1.165, 1.54) is 44.6 Å². The van der Waals surface area contributed by atoms with Crippen LogP contribution in [-0.2, 0) is 0 Å². The van der Waals surface area contributed by atoms with E-state index in [2.05, 4.69) is 123 Å². The van der Waals surface area contributed by atoms with Crippen molar-refractivity contribution < 1.29 is 4.79 Å². The maximum absolute atomic E-state index is 13.5. The Morgan fingerprint density at radius 1 is 0.469 bits per heavy atom. The van der Waals surface area contributed by atoms with Crippen LogP contribution in [0.1, 0.15) is 157 Å². The number of aromatic nitrogens is 1. The van der Waals surface area contributed by atoms with Crippen molar-refractivity contribution in [3.8, 4) is 0 Å². The molecule has 3 heteroatoms. The van der Waals surface area contributed by atoms with Crippen molar-refractivity contribution in [2.75, 3.05) is 13.1 Å². The number of carbonyl (C=O) groups is 1. The third-order valence-electron chi connectivity index (χ3n) is 8.84. The molecule has 0 fully saturated rings. The maximum Gasteiger partial charge on any atom is 0.254 e. The SMILES string of the molecule is CC(C)=CCC/C(C)=C/CC/C(C)=C/CC/C(C)=C/CN(C/C=C(\C)CC/C=C(\C)CC/C=C(\C)CCC=C(C)C)C(=O)c1ccncc1. The Balaban J connectivity index is 2.66. The minimum Gasteiger partial charge on any atom is -0.331 e. The van der Waals surface area contributed by atoms with Crippen LogP contribution < -0.4 is 0 Å². The molecule has 0 unspecified atom stereocenters. The summed E-state index contributed by atoms with van der Waals surface area (Å²) in [6, 6.07) is 3.62. The number of amides is 1. The summed E-state index contributed by atoms with van der Waals surface area (Å²) >= 11 is 0. The summed E-state index contributed by atoms with van der Waals surface area (Å²) in [7, 11) is 0. The number of rotatable bonds is 23. The van der Waals surface area contributed by atoms with Gasteiger partial charge in [0.2, 0.25) is 0 Å². The molecular weight excluding hydrogens is 597 g/mol. The Morgan fingerprint density at radius 3 is 1.06 bits per heavy atom. The molecule has 1 amide bonds. The van der Waals surface area contributed by atoms with Gasteiger partial charge in [-0.2, -0.15) is 0 Å². The molecule has 0 N–H and O–H groups in total. The third-order valence-corrected chi connectivity index (χ3v) is 8.84. The molecule has 0 aliphatic rings. The van der Waals surface area contributed by atoms with Crippen LogP contribution in [0.5, 0.6) is 0 Å². The van der Waals surface area contributed by atoms with Crippen molar-refractivity contribution in [3.05, 3.63) is 123 Å². The Labute approximate surface area is 302 Å². The largest absolute Gasteiger partial charge is 0.331 e. The smallest absolute Gasteiger partial charge is 0.254 e. The summed E-state index contributed by atoms with van der Waals surface area (Å²) in [5.41, 5.74) is 12.0. The van der Waals surface area contributed by atoms with E-state index in [1.54, 1.807) is 12.4 Å².